The van der Waals surface area contributed by atoms with Crippen molar-refractivity contribution < 1.29 is 24.2 Å². The molecule has 7 nitrogen and oxygen atoms in total. The summed E-state index contributed by atoms with van der Waals surface area (Å²) in [6, 6.07) is 0. The van der Waals surface area contributed by atoms with Gasteiger partial charge in [0.2, 0.25) is 5.91 Å². The predicted molar refractivity (Wildman–Crippen MR) is 77.5 cm³/mol. The van der Waals surface area contributed by atoms with Crippen LogP contribution >= 0.6 is 0 Å². The molecule has 0 aromatic heterocycles. The molecule has 7 heteroatoms. The van der Waals surface area contributed by atoms with Crippen LogP contribution in [0.25, 0.3) is 0 Å². The Labute approximate surface area is 125 Å². The third-order valence-corrected chi connectivity index (χ3v) is 2.37. The van der Waals surface area contributed by atoms with Crippen molar-refractivity contribution in [2.75, 3.05) is 6.54 Å². The van der Waals surface area contributed by atoms with Crippen molar-refractivity contribution in [2.45, 2.75) is 65.4 Å². The molecule has 0 aromatic carbocycles. The molecular weight excluding hydrogens is 276 g/mol. The quantitative estimate of drug-likeness (QED) is 0.555. The fourth-order valence-electron chi connectivity index (χ4n) is 1.50. The summed E-state index contributed by atoms with van der Waals surface area (Å²) in [6.45, 7) is 7.50. The first-order chi connectivity index (χ1) is 9.65. The molecule has 21 heavy (non-hydrogen) atoms. The molecule has 0 heterocycles. The average Bonchev–Trinajstić information content (AvgIpc) is 2.31. The number of carboxylic acid groups (broad SMARTS) is 1. The molecule has 0 aliphatic heterocycles. The van der Waals surface area contributed by atoms with Gasteiger partial charge in [-0.05, 0) is 40.0 Å². The molecule has 0 aromatic rings. The van der Waals surface area contributed by atoms with Crippen molar-refractivity contribution in [3.05, 3.63) is 0 Å². The van der Waals surface area contributed by atoms with Gasteiger partial charge < -0.3 is 9.84 Å². The normalized spacial score (nSPS) is 10.9. The zero-order valence-electron chi connectivity index (χ0n) is 13.3. The standard InChI is InChI=1S/C14H26N2O5/c1-5-10-16(13(20)21-14(2,3)4)15-11(17)8-6-7-9-12(18)19/h5-10H2,1-4H3,(H,15,17)(H,18,19). The van der Waals surface area contributed by atoms with Gasteiger partial charge in [-0.1, -0.05) is 6.92 Å². The van der Waals surface area contributed by atoms with Gasteiger partial charge in [0.05, 0.1) is 0 Å². The molecule has 0 bridgehead atoms. The van der Waals surface area contributed by atoms with Crippen LogP contribution in [0.1, 0.15) is 59.8 Å². The lowest BCUT2D eigenvalue weighted by Gasteiger charge is -2.27. The molecule has 0 radical (unpaired) electrons. The lowest BCUT2D eigenvalue weighted by molar-refractivity contribution is -0.137. The van der Waals surface area contributed by atoms with Crippen molar-refractivity contribution in [2.24, 2.45) is 0 Å². The summed E-state index contributed by atoms with van der Waals surface area (Å²) in [4.78, 5) is 34.0. The Balaban J connectivity index is 4.26. The largest absolute Gasteiger partial charge is 0.481 e. The third kappa shape index (κ3) is 10.6. The van der Waals surface area contributed by atoms with Gasteiger partial charge >= 0.3 is 12.1 Å². The van der Waals surface area contributed by atoms with Gasteiger partial charge in [-0.15, -0.1) is 0 Å². The molecule has 2 N–H and O–H groups in total. The molecule has 0 atom stereocenters. The number of rotatable bonds is 7. The monoisotopic (exact) mass is 302 g/mol. The van der Waals surface area contributed by atoms with Gasteiger partial charge in [0.25, 0.3) is 0 Å². The van der Waals surface area contributed by atoms with Crippen molar-refractivity contribution >= 4 is 18.0 Å². The minimum atomic E-state index is -0.878. The Kier molecular flexibility index (Phi) is 8.42. The lowest BCUT2D eigenvalue weighted by atomic mass is 10.2. The summed E-state index contributed by atoms with van der Waals surface area (Å²) in [5, 5.41) is 9.66. The smallest absolute Gasteiger partial charge is 0.429 e. The Morgan fingerprint density at radius 2 is 1.71 bits per heavy atom. The maximum Gasteiger partial charge on any atom is 0.429 e. The van der Waals surface area contributed by atoms with E-state index in [1.54, 1.807) is 20.8 Å². The number of hydrazine groups is 1. The Bertz CT molecular complexity index is 363. The SMILES string of the molecule is CCCN(NC(=O)CCCCC(=O)O)C(=O)OC(C)(C)C. The first kappa shape index (κ1) is 19.2. The molecule has 0 rings (SSSR count). The highest BCUT2D eigenvalue weighted by Crippen LogP contribution is 2.09. The fraction of sp³-hybridized carbons (Fsp3) is 0.786. The molecule has 0 unspecified atom stereocenters. The van der Waals surface area contributed by atoms with Gasteiger partial charge in [-0.2, -0.15) is 0 Å². The number of hydrogen-bond acceptors (Lipinski definition) is 4. The lowest BCUT2D eigenvalue weighted by Crippen LogP contribution is -2.48. The van der Waals surface area contributed by atoms with E-state index in [-0.39, 0.29) is 18.7 Å². The fourth-order valence-corrected chi connectivity index (χ4v) is 1.50. The summed E-state index contributed by atoms with van der Waals surface area (Å²) < 4.78 is 5.20. The van der Waals surface area contributed by atoms with Crippen LogP contribution in [0.4, 0.5) is 4.79 Å². The second-order valence-corrected chi connectivity index (χ2v) is 5.77. The third-order valence-electron chi connectivity index (χ3n) is 2.37. The minimum absolute atomic E-state index is 0.0397. The summed E-state index contributed by atoms with van der Waals surface area (Å²) in [5.74, 6) is -1.20. The van der Waals surface area contributed by atoms with Crippen LogP contribution in [0.5, 0.6) is 0 Å². The summed E-state index contributed by atoms with van der Waals surface area (Å²) in [6.07, 6.45) is 1.20. The van der Waals surface area contributed by atoms with E-state index in [1.165, 1.54) is 0 Å². The molecule has 122 valence electrons. The zero-order chi connectivity index (χ0) is 16.5. The van der Waals surface area contributed by atoms with Crippen LogP contribution in [0.2, 0.25) is 0 Å². The van der Waals surface area contributed by atoms with E-state index in [0.29, 0.717) is 25.8 Å². The van der Waals surface area contributed by atoms with Crippen LogP contribution in [-0.2, 0) is 14.3 Å². The average molecular weight is 302 g/mol. The van der Waals surface area contributed by atoms with Crippen molar-refractivity contribution in [3.8, 4) is 0 Å². The Morgan fingerprint density at radius 1 is 1.14 bits per heavy atom. The number of nitrogens with one attached hydrogen (secondary N) is 1. The zero-order valence-corrected chi connectivity index (χ0v) is 13.3. The van der Waals surface area contributed by atoms with Gasteiger partial charge in [0.15, 0.2) is 0 Å². The maximum absolute atomic E-state index is 11.9. The van der Waals surface area contributed by atoms with Gasteiger partial charge in [0, 0.05) is 19.4 Å². The van der Waals surface area contributed by atoms with E-state index < -0.39 is 17.7 Å². The molecule has 0 fully saturated rings. The van der Waals surface area contributed by atoms with Crippen LogP contribution in [0, 0.1) is 0 Å². The molecule has 0 spiro atoms. The van der Waals surface area contributed by atoms with Crippen molar-refractivity contribution in [1.29, 1.82) is 0 Å². The molecule has 0 saturated heterocycles. The summed E-state index contributed by atoms with van der Waals surface area (Å²) >= 11 is 0. The number of carbonyl (C=O) groups is 3. The molecule has 2 amide bonds. The van der Waals surface area contributed by atoms with Gasteiger partial charge in [-0.25, -0.2) is 9.80 Å². The Hall–Kier alpha value is -1.79. The number of carbonyl (C=O) groups excluding carboxylic acids is 2. The second-order valence-electron chi connectivity index (χ2n) is 5.77. The summed E-state index contributed by atoms with van der Waals surface area (Å²) in [5.41, 5.74) is 1.87. The number of carboxylic acids is 1. The van der Waals surface area contributed by atoms with E-state index in [1.807, 2.05) is 6.92 Å². The van der Waals surface area contributed by atoms with Crippen LogP contribution in [-0.4, -0.2) is 40.2 Å². The van der Waals surface area contributed by atoms with E-state index in [9.17, 15) is 14.4 Å². The maximum atomic E-state index is 11.9. The highest BCUT2D eigenvalue weighted by Gasteiger charge is 2.22. The number of hydrogen-bond donors (Lipinski definition) is 2. The van der Waals surface area contributed by atoms with Crippen molar-refractivity contribution in [3.63, 3.8) is 0 Å². The number of amides is 2. The Morgan fingerprint density at radius 3 is 2.19 bits per heavy atom. The highest BCUT2D eigenvalue weighted by atomic mass is 16.6. The molecule has 0 aliphatic carbocycles. The molecule has 0 saturated carbocycles. The van der Waals surface area contributed by atoms with E-state index in [0.717, 1.165) is 5.01 Å². The van der Waals surface area contributed by atoms with Gasteiger partial charge in [-0.3, -0.25) is 15.0 Å². The van der Waals surface area contributed by atoms with E-state index in [2.05, 4.69) is 5.43 Å². The topological polar surface area (TPSA) is 95.9 Å². The van der Waals surface area contributed by atoms with E-state index in [4.69, 9.17) is 9.84 Å². The number of aliphatic carboxylic acids is 1. The predicted octanol–water partition coefficient (Wildman–Crippen LogP) is 2.31. The first-order valence-corrected chi connectivity index (χ1v) is 7.17. The number of nitrogens with zero attached hydrogens (tertiary/aromatic N) is 1. The number of ether oxygens (including phenoxy) is 1. The number of unbranched alkanes of at least 4 members (excludes halogenated alkanes) is 1. The minimum Gasteiger partial charge on any atom is -0.481 e. The summed E-state index contributed by atoms with van der Waals surface area (Å²) in [7, 11) is 0. The van der Waals surface area contributed by atoms with Crippen LogP contribution in [0.3, 0.4) is 0 Å². The molecular formula is C14H26N2O5. The van der Waals surface area contributed by atoms with Crippen LogP contribution in [0.15, 0.2) is 0 Å². The van der Waals surface area contributed by atoms with Crippen LogP contribution < -0.4 is 5.43 Å². The molecule has 0 aliphatic rings. The second kappa shape index (κ2) is 9.20. The van der Waals surface area contributed by atoms with E-state index >= 15 is 0 Å². The van der Waals surface area contributed by atoms with Crippen molar-refractivity contribution in [1.82, 2.24) is 10.4 Å². The van der Waals surface area contributed by atoms with Gasteiger partial charge in [0.1, 0.15) is 5.60 Å². The highest BCUT2D eigenvalue weighted by molar-refractivity contribution is 5.79. The first-order valence-electron chi connectivity index (χ1n) is 7.17.